The lowest BCUT2D eigenvalue weighted by atomic mass is 9.57. The van der Waals surface area contributed by atoms with Crippen LogP contribution in [0.15, 0.2) is 35.4 Å². The van der Waals surface area contributed by atoms with Crippen LogP contribution in [0.3, 0.4) is 0 Å². The van der Waals surface area contributed by atoms with E-state index in [4.69, 9.17) is 9.47 Å². The van der Waals surface area contributed by atoms with Crippen molar-refractivity contribution in [2.24, 2.45) is 16.4 Å². The number of hydrazone groups is 1. The van der Waals surface area contributed by atoms with E-state index in [1.165, 1.54) is 6.92 Å². The van der Waals surface area contributed by atoms with Crippen LogP contribution in [0.1, 0.15) is 40.0 Å². The standard InChI is InChI=1S/C21H26N2O4/c1-13(24)17-12-16(22-23(17)14-8-5-4-6-9-14)20(25)27-19-15-10-7-11-26-18(15)21(19,2)3/h4-6,8-9,15,17-19H,7,10-12H2,1-3H3/t15-,17-,18-,19+/m0/s1. The highest BCUT2D eigenvalue weighted by atomic mass is 16.6. The monoisotopic (exact) mass is 370 g/mol. The quantitative estimate of drug-likeness (QED) is 0.762. The van der Waals surface area contributed by atoms with Crippen molar-refractivity contribution in [1.29, 1.82) is 0 Å². The summed E-state index contributed by atoms with van der Waals surface area (Å²) < 4.78 is 11.8. The molecule has 0 aromatic heterocycles. The highest BCUT2D eigenvalue weighted by Crippen LogP contribution is 2.53. The molecule has 2 fully saturated rings. The number of carbonyl (C=O) groups is 2. The van der Waals surface area contributed by atoms with Gasteiger partial charge in [-0.3, -0.25) is 9.80 Å². The maximum absolute atomic E-state index is 12.8. The van der Waals surface area contributed by atoms with E-state index < -0.39 is 12.0 Å². The minimum Gasteiger partial charge on any atom is -0.457 e. The Morgan fingerprint density at radius 2 is 2.00 bits per heavy atom. The maximum Gasteiger partial charge on any atom is 0.354 e. The fourth-order valence-electron chi connectivity index (χ4n) is 4.67. The number of carbonyl (C=O) groups excluding carboxylic acids is 2. The third-order valence-electron chi connectivity index (χ3n) is 6.09. The van der Waals surface area contributed by atoms with E-state index in [9.17, 15) is 9.59 Å². The van der Waals surface area contributed by atoms with Crippen molar-refractivity contribution in [3.05, 3.63) is 30.3 Å². The van der Waals surface area contributed by atoms with E-state index in [1.807, 2.05) is 30.3 Å². The van der Waals surface area contributed by atoms with E-state index in [0.29, 0.717) is 5.71 Å². The number of esters is 1. The molecule has 4 rings (SSSR count). The number of anilines is 1. The van der Waals surface area contributed by atoms with Gasteiger partial charge in [0.1, 0.15) is 17.9 Å². The summed E-state index contributed by atoms with van der Waals surface area (Å²) in [5, 5.41) is 6.08. The second-order valence-electron chi connectivity index (χ2n) is 8.30. The lowest BCUT2D eigenvalue weighted by Crippen LogP contribution is -2.65. The Morgan fingerprint density at radius 1 is 1.26 bits per heavy atom. The number of hydrogen-bond acceptors (Lipinski definition) is 6. The average Bonchev–Trinajstić information content (AvgIpc) is 3.12. The zero-order valence-electron chi connectivity index (χ0n) is 16.1. The fraction of sp³-hybridized carbons (Fsp3) is 0.571. The Kier molecular flexibility index (Phi) is 4.54. The van der Waals surface area contributed by atoms with Gasteiger partial charge in [0.2, 0.25) is 0 Å². The fourth-order valence-corrected chi connectivity index (χ4v) is 4.67. The molecule has 27 heavy (non-hydrogen) atoms. The number of Topliss-reactive ketones (excluding diaryl/α,β-unsaturated/α-hetero) is 1. The molecular weight excluding hydrogens is 344 g/mol. The lowest BCUT2D eigenvalue weighted by molar-refractivity contribution is -0.251. The first-order chi connectivity index (χ1) is 12.9. The van der Waals surface area contributed by atoms with Crippen LogP contribution in [-0.2, 0) is 19.1 Å². The molecule has 2 aliphatic heterocycles. The molecule has 0 unspecified atom stereocenters. The molecule has 6 heteroatoms. The summed E-state index contributed by atoms with van der Waals surface area (Å²) in [6.45, 7) is 6.48. The van der Waals surface area contributed by atoms with Gasteiger partial charge in [-0.2, -0.15) is 5.10 Å². The van der Waals surface area contributed by atoms with Crippen molar-refractivity contribution >= 4 is 23.2 Å². The van der Waals surface area contributed by atoms with Crippen LogP contribution in [-0.4, -0.2) is 42.3 Å². The van der Waals surface area contributed by atoms with E-state index >= 15 is 0 Å². The van der Waals surface area contributed by atoms with Gasteiger partial charge in [-0.1, -0.05) is 32.0 Å². The SMILES string of the molecule is CC(=O)[C@@H]1CC(C(=O)O[C@@H]2[C@H]3CCCO[C@@H]3C2(C)C)=NN1c1ccccc1. The van der Waals surface area contributed by atoms with Crippen molar-refractivity contribution < 1.29 is 19.1 Å². The van der Waals surface area contributed by atoms with E-state index in [-0.39, 0.29) is 35.7 Å². The van der Waals surface area contributed by atoms with Gasteiger partial charge in [0, 0.05) is 24.4 Å². The average molecular weight is 370 g/mol. The van der Waals surface area contributed by atoms with Gasteiger partial charge in [-0.05, 0) is 31.9 Å². The van der Waals surface area contributed by atoms with Crippen molar-refractivity contribution in [3.8, 4) is 0 Å². The van der Waals surface area contributed by atoms with E-state index in [0.717, 1.165) is 25.1 Å². The van der Waals surface area contributed by atoms with Crippen LogP contribution in [0.25, 0.3) is 0 Å². The maximum atomic E-state index is 12.8. The Hall–Kier alpha value is -2.21. The lowest BCUT2D eigenvalue weighted by Gasteiger charge is -2.58. The second-order valence-corrected chi connectivity index (χ2v) is 8.30. The molecule has 1 aromatic carbocycles. The molecular formula is C21H26N2O4. The Morgan fingerprint density at radius 3 is 2.70 bits per heavy atom. The highest BCUT2D eigenvalue weighted by molar-refractivity contribution is 6.38. The number of ether oxygens (including phenoxy) is 2. The van der Waals surface area contributed by atoms with Crippen LogP contribution < -0.4 is 5.01 Å². The number of benzene rings is 1. The van der Waals surface area contributed by atoms with Gasteiger partial charge in [0.15, 0.2) is 5.78 Å². The van der Waals surface area contributed by atoms with Crippen LogP contribution >= 0.6 is 0 Å². The zero-order valence-corrected chi connectivity index (χ0v) is 16.1. The third kappa shape index (κ3) is 3.06. The Labute approximate surface area is 159 Å². The van der Waals surface area contributed by atoms with Gasteiger partial charge >= 0.3 is 5.97 Å². The topological polar surface area (TPSA) is 68.2 Å². The van der Waals surface area contributed by atoms with Crippen LogP contribution in [0.2, 0.25) is 0 Å². The molecule has 1 aromatic rings. The summed E-state index contributed by atoms with van der Waals surface area (Å²) in [5.74, 6) is -0.176. The van der Waals surface area contributed by atoms with Gasteiger partial charge in [-0.15, -0.1) is 0 Å². The summed E-state index contributed by atoms with van der Waals surface area (Å²) in [7, 11) is 0. The molecule has 6 nitrogen and oxygen atoms in total. The molecule has 3 aliphatic rings. The third-order valence-corrected chi connectivity index (χ3v) is 6.09. The number of fused-ring (bicyclic) bond motifs is 1. The van der Waals surface area contributed by atoms with E-state index in [2.05, 4.69) is 18.9 Å². The minimum absolute atomic E-state index is 0.0184. The van der Waals surface area contributed by atoms with Crippen LogP contribution in [0.4, 0.5) is 5.69 Å². The van der Waals surface area contributed by atoms with Gasteiger partial charge in [0.25, 0.3) is 0 Å². The highest BCUT2D eigenvalue weighted by Gasteiger charge is 2.60. The smallest absolute Gasteiger partial charge is 0.354 e. The molecule has 1 saturated carbocycles. The van der Waals surface area contributed by atoms with Crippen LogP contribution in [0.5, 0.6) is 0 Å². The molecule has 0 spiro atoms. The number of rotatable bonds is 4. The van der Waals surface area contributed by atoms with E-state index in [1.54, 1.807) is 5.01 Å². The minimum atomic E-state index is -0.463. The largest absolute Gasteiger partial charge is 0.457 e. The van der Waals surface area contributed by atoms with Gasteiger partial charge < -0.3 is 9.47 Å². The first-order valence-corrected chi connectivity index (χ1v) is 9.64. The molecule has 1 aliphatic carbocycles. The molecule has 0 radical (unpaired) electrons. The van der Waals surface area contributed by atoms with Crippen molar-refractivity contribution in [1.82, 2.24) is 0 Å². The normalized spacial score (nSPS) is 31.5. The first-order valence-electron chi connectivity index (χ1n) is 9.64. The summed E-state index contributed by atoms with van der Waals surface area (Å²) in [5.41, 5.74) is 0.916. The number of hydrogen-bond donors (Lipinski definition) is 0. The molecule has 4 atom stereocenters. The summed E-state index contributed by atoms with van der Waals surface area (Å²) in [4.78, 5) is 24.9. The summed E-state index contributed by atoms with van der Waals surface area (Å²) in [6, 6.07) is 8.98. The zero-order chi connectivity index (χ0) is 19.2. The molecule has 2 heterocycles. The van der Waals surface area contributed by atoms with Gasteiger partial charge in [-0.25, -0.2) is 4.79 Å². The summed E-state index contributed by atoms with van der Waals surface area (Å²) in [6.07, 6.45) is 2.28. The van der Waals surface area contributed by atoms with Gasteiger partial charge in [0.05, 0.1) is 11.8 Å². The molecule has 144 valence electrons. The Bertz CT molecular complexity index is 774. The predicted octanol–water partition coefficient (Wildman–Crippen LogP) is 2.96. The molecule has 0 bridgehead atoms. The number of para-hydroxylation sites is 1. The summed E-state index contributed by atoms with van der Waals surface area (Å²) >= 11 is 0. The molecule has 0 N–H and O–H groups in total. The van der Waals surface area contributed by atoms with Crippen LogP contribution in [0, 0.1) is 11.3 Å². The van der Waals surface area contributed by atoms with Crippen molar-refractivity contribution in [3.63, 3.8) is 0 Å². The van der Waals surface area contributed by atoms with Crippen molar-refractivity contribution in [2.75, 3.05) is 11.6 Å². The second kappa shape index (κ2) is 6.75. The molecule has 0 amide bonds. The number of ketones is 1. The Balaban J connectivity index is 1.51. The molecule has 1 saturated heterocycles. The predicted molar refractivity (Wildman–Crippen MR) is 102 cm³/mol. The first kappa shape index (κ1) is 18.2. The van der Waals surface area contributed by atoms with Crippen molar-refractivity contribution in [2.45, 2.75) is 58.3 Å². The number of nitrogens with zero attached hydrogens (tertiary/aromatic N) is 2.